The van der Waals surface area contributed by atoms with Gasteiger partial charge in [-0.25, -0.2) is 9.37 Å². The van der Waals surface area contributed by atoms with Gasteiger partial charge < -0.3 is 10.3 Å². The molecule has 0 aliphatic carbocycles. The van der Waals surface area contributed by atoms with Gasteiger partial charge in [0.2, 0.25) is 5.91 Å². The molecule has 0 spiro atoms. The van der Waals surface area contributed by atoms with Gasteiger partial charge in [0.25, 0.3) is 0 Å². The van der Waals surface area contributed by atoms with Gasteiger partial charge in [0.1, 0.15) is 0 Å². The Kier molecular flexibility index (Phi) is 3.42. The van der Waals surface area contributed by atoms with Crippen molar-refractivity contribution in [1.82, 2.24) is 15.3 Å². The maximum atomic E-state index is 13.7. The summed E-state index contributed by atoms with van der Waals surface area (Å²) in [6, 6.07) is 4.05. The predicted molar refractivity (Wildman–Crippen MR) is 73.0 cm³/mol. The molecule has 2 aromatic rings. The molecule has 20 heavy (non-hydrogen) atoms. The number of anilines is 1. The summed E-state index contributed by atoms with van der Waals surface area (Å²) >= 11 is 5.68. The summed E-state index contributed by atoms with van der Waals surface area (Å²) in [4.78, 5) is 19.3. The average molecular weight is 295 g/mol. The number of nitrogens with one attached hydrogen (secondary N) is 3. The quantitative estimate of drug-likeness (QED) is 0.792. The molecular formula is C13H12ClFN4O. The molecule has 1 aromatic heterocycles. The van der Waals surface area contributed by atoms with Crippen molar-refractivity contribution < 1.29 is 9.18 Å². The van der Waals surface area contributed by atoms with Crippen molar-refractivity contribution >= 4 is 23.2 Å². The van der Waals surface area contributed by atoms with E-state index < -0.39 is 11.9 Å². The molecule has 2 heterocycles. The van der Waals surface area contributed by atoms with Gasteiger partial charge in [0, 0.05) is 13.0 Å². The first-order valence-corrected chi connectivity index (χ1v) is 6.52. The highest BCUT2D eigenvalue weighted by molar-refractivity contribution is 6.31. The largest absolute Gasteiger partial charge is 0.347 e. The lowest BCUT2D eigenvalue weighted by molar-refractivity contribution is -0.118. The number of carbonyl (C=O) groups excluding carboxylic acids is 1. The number of imidazole rings is 1. The lowest BCUT2D eigenvalue weighted by Crippen LogP contribution is -2.44. The number of nitrogens with zero attached hydrogens (tertiary/aromatic N) is 1. The lowest BCUT2D eigenvalue weighted by atomic mass is 10.0. The van der Waals surface area contributed by atoms with E-state index in [4.69, 9.17) is 11.6 Å². The third-order valence-electron chi connectivity index (χ3n) is 3.26. The van der Waals surface area contributed by atoms with Gasteiger partial charge in [-0.3, -0.25) is 10.1 Å². The van der Waals surface area contributed by atoms with Crippen molar-refractivity contribution in [1.29, 1.82) is 0 Å². The molecule has 1 amide bonds. The van der Waals surface area contributed by atoms with E-state index in [1.165, 1.54) is 12.1 Å². The summed E-state index contributed by atoms with van der Waals surface area (Å²) in [5.74, 6) is -0.932. The molecule has 3 N–H and O–H groups in total. The van der Waals surface area contributed by atoms with E-state index in [1.807, 2.05) is 0 Å². The van der Waals surface area contributed by atoms with Crippen LogP contribution in [0.1, 0.15) is 11.4 Å². The molecular weight excluding hydrogens is 283 g/mol. The monoisotopic (exact) mass is 294 g/mol. The average Bonchev–Trinajstić information content (AvgIpc) is 2.91. The fourth-order valence-electron chi connectivity index (χ4n) is 2.17. The third kappa shape index (κ3) is 2.39. The van der Waals surface area contributed by atoms with Crippen molar-refractivity contribution in [2.75, 3.05) is 5.32 Å². The van der Waals surface area contributed by atoms with E-state index in [9.17, 15) is 9.18 Å². The Hall–Kier alpha value is -1.92. The number of hydrogen-bond acceptors (Lipinski definition) is 3. The zero-order valence-electron chi connectivity index (χ0n) is 10.4. The molecule has 1 aliphatic heterocycles. The highest BCUT2D eigenvalue weighted by atomic mass is 35.5. The van der Waals surface area contributed by atoms with Crippen LogP contribution in [0.15, 0.2) is 24.5 Å². The molecule has 1 aliphatic rings. The summed E-state index contributed by atoms with van der Waals surface area (Å²) in [5.41, 5.74) is 1.91. The molecule has 0 saturated heterocycles. The normalized spacial score (nSPS) is 17.6. The van der Waals surface area contributed by atoms with Gasteiger partial charge in [0.05, 0.1) is 34.5 Å². The number of hydrogen-bond donors (Lipinski definition) is 3. The molecule has 0 saturated carbocycles. The summed E-state index contributed by atoms with van der Waals surface area (Å²) in [6.45, 7) is 0.533. The van der Waals surface area contributed by atoms with Crippen LogP contribution in [0, 0.1) is 5.82 Å². The molecule has 0 fully saturated rings. The van der Waals surface area contributed by atoms with Crippen molar-refractivity contribution in [3.8, 4) is 0 Å². The topological polar surface area (TPSA) is 69.8 Å². The molecule has 104 valence electrons. The zero-order valence-corrected chi connectivity index (χ0v) is 11.2. The van der Waals surface area contributed by atoms with Crippen LogP contribution in [0.3, 0.4) is 0 Å². The second kappa shape index (κ2) is 5.22. The maximum absolute atomic E-state index is 13.7. The van der Waals surface area contributed by atoms with Crippen LogP contribution in [0.2, 0.25) is 5.02 Å². The van der Waals surface area contributed by atoms with Gasteiger partial charge in [0.15, 0.2) is 5.82 Å². The molecule has 0 radical (unpaired) electrons. The van der Waals surface area contributed by atoms with E-state index in [2.05, 4.69) is 20.6 Å². The van der Waals surface area contributed by atoms with E-state index in [0.29, 0.717) is 13.0 Å². The molecule has 1 unspecified atom stereocenters. The van der Waals surface area contributed by atoms with Gasteiger partial charge in [-0.15, -0.1) is 0 Å². The standard InChI is InChI=1S/C13H12ClFN4O/c14-7-2-1-3-8(12(7)15)19-13(20)10-4-9-11(5-16-10)18-6-17-9/h1-3,6,10,16H,4-5H2,(H,17,18)(H,19,20). The number of rotatable bonds is 2. The van der Waals surface area contributed by atoms with Crippen molar-refractivity contribution in [3.05, 3.63) is 46.8 Å². The van der Waals surface area contributed by atoms with E-state index in [-0.39, 0.29) is 16.6 Å². The highest BCUT2D eigenvalue weighted by Gasteiger charge is 2.26. The third-order valence-corrected chi connectivity index (χ3v) is 3.55. The Morgan fingerprint density at radius 1 is 1.50 bits per heavy atom. The lowest BCUT2D eigenvalue weighted by Gasteiger charge is -2.22. The Morgan fingerprint density at radius 3 is 3.20 bits per heavy atom. The molecule has 1 atom stereocenters. The first kappa shape index (κ1) is 13.1. The van der Waals surface area contributed by atoms with Crippen LogP contribution < -0.4 is 10.6 Å². The molecule has 3 rings (SSSR count). The van der Waals surface area contributed by atoms with E-state index in [0.717, 1.165) is 11.4 Å². The summed E-state index contributed by atoms with van der Waals surface area (Å²) in [6.07, 6.45) is 2.07. The number of fused-ring (bicyclic) bond motifs is 1. The summed E-state index contributed by atoms with van der Waals surface area (Å²) in [5, 5.41) is 5.60. The zero-order chi connectivity index (χ0) is 14.1. The summed E-state index contributed by atoms with van der Waals surface area (Å²) in [7, 11) is 0. The number of H-pyrrole nitrogens is 1. The molecule has 7 heteroatoms. The van der Waals surface area contributed by atoms with Crippen LogP contribution in [0.4, 0.5) is 10.1 Å². The van der Waals surface area contributed by atoms with Crippen LogP contribution in [0.25, 0.3) is 0 Å². The SMILES string of the molecule is O=C(Nc1cccc(Cl)c1F)C1Cc2nc[nH]c2CN1. The van der Waals surface area contributed by atoms with Gasteiger partial charge >= 0.3 is 0 Å². The van der Waals surface area contributed by atoms with Crippen LogP contribution >= 0.6 is 11.6 Å². The molecule has 0 bridgehead atoms. The second-order valence-electron chi connectivity index (χ2n) is 4.56. The fraction of sp³-hybridized carbons (Fsp3) is 0.231. The van der Waals surface area contributed by atoms with E-state index >= 15 is 0 Å². The summed E-state index contributed by atoms with van der Waals surface area (Å²) < 4.78 is 13.7. The number of halogens is 2. The van der Waals surface area contributed by atoms with Crippen LogP contribution in [-0.2, 0) is 17.8 Å². The Balaban J connectivity index is 1.73. The maximum Gasteiger partial charge on any atom is 0.242 e. The number of aromatic nitrogens is 2. The van der Waals surface area contributed by atoms with Crippen molar-refractivity contribution in [2.45, 2.75) is 19.0 Å². The van der Waals surface area contributed by atoms with Crippen LogP contribution in [-0.4, -0.2) is 21.9 Å². The Bertz CT molecular complexity index is 658. The minimum absolute atomic E-state index is 0.0195. The first-order chi connectivity index (χ1) is 9.65. The van der Waals surface area contributed by atoms with Gasteiger partial charge in [-0.2, -0.15) is 0 Å². The number of aromatic amines is 1. The Labute approximate surface area is 119 Å². The van der Waals surface area contributed by atoms with E-state index in [1.54, 1.807) is 12.4 Å². The number of amides is 1. The van der Waals surface area contributed by atoms with Crippen molar-refractivity contribution in [2.24, 2.45) is 0 Å². The highest BCUT2D eigenvalue weighted by Crippen LogP contribution is 2.22. The van der Waals surface area contributed by atoms with Crippen LogP contribution in [0.5, 0.6) is 0 Å². The van der Waals surface area contributed by atoms with Crippen molar-refractivity contribution in [3.63, 3.8) is 0 Å². The minimum Gasteiger partial charge on any atom is -0.347 e. The number of benzene rings is 1. The number of carbonyl (C=O) groups is 1. The first-order valence-electron chi connectivity index (χ1n) is 6.14. The smallest absolute Gasteiger partial charge is 0.242 e. The van der Waals surface area contributed by atoms with Gasteiger partial charge in [-0.05, 0) is 12.1 Å². The molecule has 5 nitrogen and oxygen atoms in total. The minimum atomic E-state index is -0.626. The predicted octanol–water partition coefficient (Wildman–Crippen LogP) is 1.86. The molecule has 1 aromatic carbocycles. The fourth-order valence-corrected chi connectivity index (χ4v) is 2.35. The second-order valence-corrected chi connectivity index (χ2v) is 4.96. The Morgan fingerprint density at radius 2 is 2.35 bits per heavy atom. The van der Waals surface area contributed by atoms with Gasteiger partial charge in [-0.1, -0.05) is 17.7 Å².